The van der Waals surface area contributed by atoms with Gasteiger partial charge >= 0.3 is 18.2 Å². The first-order valence-corrected chi connectivity index (χ1v) is 8.85. The maximum atomic E-state index is 13.3. The molecule has 1 aromatic heterocycles. The Labute approximate surface area is 168 Å². The number of ether oxygens (including phenoxy) is 2. The van der Waals surface area contributed by atoms with Gasteiger partial charge in [0.25, 0.3) is 0 Å². The van der Waals surface area contributed by atoms with Gasteiger partial charge < -0.3 is 9.47 Å². The van der Waals surface area contributed by atoms with E-state index in [1.807, 2.05) is 0 Å². The van der Waals surface area contributed by atoms with Crippen LogP contribution in [0.3, 0.4) is 0 Å². The van der Waals surface area contributed by atoms with Crippen LogP contribution in [0.25, 0.3) is 0 Å². The second-order valence-electron chi connectivity index (χ2n) is 6.16. The predicted octanol–water partition coefficient (Wildman–Crippen LogP) is 4.74. The Morgan fingerprint density at radius 1 is 0.833 bits per heavy atom. The minimum absolute atomic E-state index is 0.0198. The molecule has 0 fully saturated rings. The zero-order chi connectivity index (χ0) is 21.7. The molecule has 158 valence electrons. The van der Waals surface area contributed by atoms with Crippen molar-refractivity contribution in [1.82, 2.24) is 15.0 Å². The molecule has 10 heteroatoms. The number of alkyl halides is 3. The second-order valence-corrected chi connectivity index (χ2v) is 6.16. The van der Waals surface area contributed by atoms with Gasteiger partial charge in [0, 0.05) is 6.42 Å². The minimum atomic E-state index is -4.47. The van der Waals surface area contributed by atoms with E-state index in [1.165, 1.54) is 18.2 Å². The summed E-state index contributed by atoms with van der Waals surface area (Å²) in [5, 5.41) is 0. The van der Waals surface area contributed by atoms with Crippen LogP contribution in [0.1, 0.15) is 29.4 Å². The first-order valence-electron chi connectivity index (χ1n) is 8.85. The molecule has 0 unspecified atom stereocenters. The van der Waals surface area contributed by atoms with Gasteiger partial charge in [-0.2, -0.15) is 23.1 Å². The number of hydrogen-bond acceptors (Lipinski definition) is 5. The smallest absolute Gasteiger partial charge is 0.416 e. The highest BCUT2D eigenvalue weighted by atomic mass is 19.4. The number of halogens is 5. The summed E-state index contributed by atoms with van der Waals surface area (Å²) in [6, 6.07) is 7.85. The topological polar surface area (TPSA) is 57.1 Å². The summed E-state index contributed by atoms with van der Waals surface area (Å²) in [5.41, 5.74) is -0.106. The van der Waals surface area contributed by atoms with Crippen LogP contribution < -0.4 is 9.47 Å². The predicted molar refractivity (Wildman–Crippen MR) is 95.9 cm³/mol. The molecule has 0 aliphatic heterocycles. The summed E-state index contributed by atoms with van der Waals surface area (Å²) >= 11 is 0. The summed E-state index contributed by atoms with van der Waals surface area (Å²) in [6.45, 7) is 1.80. The van der Waals surface area contributed by atoms with Gasteiger partial charge in [-0.25, -0.2) is 8.78 Å². The third kappa shape index (κ3) is 5.62. The van der Waals surface area contributed by atoms with Gasteiger partial charge in [-0.05, 0) is 36.2 Å². The van der Waals surface area contributed by atoms with Gasteiger partial charge in [0.05, 0.1) is 12.2 Å². The Balaban J connectivity index is 1.81. The number of nitrogens with zero attached hydrogens (tertiary/aromatic N) is 3. The maximum absolute atomic E-state index is 13.3. The lowest BCUT2D eigenvalue weighted by molar-refractivity contribution is -0.137. The van der Waals surface area contributed by atoms with Crippen molar-refractivity contribution >= 4 is 0 Å². The molecule has 0 saturated heterocycles. The second kappa shape index (κ2) is 9.02. The van der Waals surface area contributed by atoms with E-state index in [4.69, 9.17) is 9.47 Å². The molecular weight excluding hydrogens is 409 g/mol. The Morgan fingerprint density at radius 2 is 1.57 bits per heavy atom. The van der Waals surface area contributed by atoms with Gasteiger partial charge in [0.15, 0.2) is 11.6 Å². The van der Waals surface area contributed by atoms with Crippen molar-refractivity contribution < 1.29 is 31.4 Å². The Morgan fingerprint density at radius 3 is 2.23 bits per heavy atom. The van der Waals surface area contributed by atoms with Gasteiger partial charge in [0.2, 0.25) is 0 Å². The van der Waals surface area contributed by atoms with E-state index < -0.39 is 23.4 Å². The molecule has 1 heterocycles. The molecule has 0 radical (unpaired) electrons. The molecule has 3 rings (SSSR count). The zero-order valence-electron chi connectivity index (χ0n) is 15.7. The lowest BCUT2D eigenvalue weighted by Gasteiger charge is -2.10. The molecule has 0 aliphatic rings. The lowest BCUT2D eigenvalue weighted by Crippen LogP contribution is -2.09. The van der Waals surface area contributed by atoms with Crippen LogP contribution in [-0.4, -0.2) is 21.6 Å². The van der Waals surface area contributed by atoms with Crippen LogP contribution in [0.5, 0.6) is 12.0 Å². The van der Waals surface area contributed by atoms with Crippen LogP contribution in [0.15, 0.2) is 42.5 Å². The zero-order valence-corrected chi connectivity index (χ0v) is 15.7. The van der Waals surface area contributed by atoms with Crippen molar-refractivity contribution in [3.05, 3.63) is 76.6 Å². The number of rotatable bonds is 7. The van der Waals surface area contributed by atoms with Gasteiger partial charge in [-0.15, -0.1) is 4.98 Å². The molecule has 0 bridgehead atoms. The summed E-state index contributed by atoms with van der Waals surface area (Å²) in [5.74, 6) is -1.87. The molecule has 3 aromatic rings. The molecule has 30 heavy (non-hydrogen) atoms. The third-order valence-electron chi connectivity index (χ3n) is 3.88. The molecular formula is C20H16F5N3O2. The largest absolute Gasteiger partial charge is 0.464 e. The molecule has 0 amide bonds. The SMILES string of the molecule is CCOc1nc(Cc2cccc(C(F)(F)F)c2)nc(OCc2ccc(F)c(F)c2)n1. The third-order valence-corrected chi connectivity index (χ3v) is 3.88. The molecule has 0 saturated carbocycles. The van der Waals surface area contributed by atoms with E-state index in [0.717, 1.165) is 24.3 Å². The van der Waals surface area contributed by atoms with Gasteiger partial charge in [-0.1, -0.05) is 24.3 Å². The quantitative estimate of drug-likeness (QED) is 0.512. The van der Waals surface area contributed by atoms with Crippen LogP contribution in [0, 0.1) is 11.6 Å². The van der Waals surface area contributed by atoms with Crippen LogP contribution in [-0.2, 0) is 19.2 Å². The molecule has 5 nitrogen and oxygen atoms in total. The summed E-state index contributed by atoms with van der Waals surface area (Å²) in [4.78, 5) is 12.1. The number of benzene rings is 2. The highest BCUT2D eigenvalue weighted by Crippen LogP contribution is 2.30. The van der Waals surface area contributed by atoms with Crippen molar-refractivity contribution in [2.45, 2.75) is 26.1 Å². The van der Waals surface area contributed by atoms with Crippen molar-refractivity contribution in [2.75, 3.05) is 6.61 Å². The van der Waals surface area contributed by atoms with E-state index in [-0.39, 0.29) is 37.5 Å². The Hall–Kier alpha value is -3.30. The molecule has 0 spiro atoms. The maximum Gasteiger partial charge on any atom is 0.416 e. The molecule has 0 aliphatic carbocycles. The van der Waals surface area contributed by atoms with E-state index in [2.05, 4.69) is 15.0 Å². The summed E-state index contributed by atoms with van der Waals surface area (Å²) < 4.78 is 75.8. The first-order chi connectivity index (χ1) is 14.2. The standard InChI is InChI=1S/C20H16F5N3O2/c1-2-29-18-26-17(10-12-4-3-5-14(8-12)20(23,24)25)27-19(28-18)30-11-13-6-7-15(21)16(22)9-13/h3-9H,2,10-11H2,1H3. The molecule has 0 atom stereocenters. The van der Waals surface area contributed by atoms with Crippen molar-refractivity contribution in [2.24, 2.45) is 0 Å². The fourth-order valence-electron chi connectivity index (χ4n) is 2.53. The van der Waals surface area contributed by atoms with Crippen LogP contribution in [0.2, 0.25) is 0 Å². The number of hydrogen-bond donors (Lipinski definition) is 0. The van der Waals surface area contributed by atoms with Crippen molar-refractivity contribution in [3.8, 4) is 12.0 Å². The molecule has 0 N–H and O–H groups in total. The Bertz CT molecular complexity index is 1030. The van der Waals surface area contributed by atoms with Gasteiger partial charge in [0.1, 0.15) is 12.4 Å². The van der Waals surface area contributed by atoms with E-state index in [9.17, 15) is 22.0 Å². The van der Waals surface area contributed by atoms with E-state index in [1.54, 1.807) is 6.92 Å². The summed E-state index contributed by atoms with van der Waals surface area (Å²) in [6.07, 6.45) is -4.49. The monoisotopic (exact) mass is 425 g/mol. The van der Waals surface area contributed by atoms with Gasteiger partial charge in [-0.3, -0.25) is 0 Å². The molecule has 2 aromatic carbocycles. The first kappa shape index (κ1) is 21.4. The van der Waals surface area contributed by atoms with Crippen molar-refractivity contribution in [3.63, 3.8) is 0 Å². The minimum Gasteiger partial charge on any atom is -0.464 e. The number of aromatic nitrogens is 3. The Kier molecular flexibility index (Phi) is 6.43. The fraction of sp³-hybridized carbons (Fsp3) is 0.250. The highest BCUT2D eigenvalue weighted by Gasteiger charge is 2.30. The highest BCUT2D eigenvalue weighted by molar-refractivity contribution is 5.28. The van der Waals surface area contributed by atoms with Crippen LogP contribution >= 0.6 is 0 Å². The van der Waals surface area contributed by atoms with Crippen LogP contribution in [0.4, 0.5) is 22.0 Å². The van der Waals surface area contributed by atoms with E-state index >= 15 is 0 Å². The summed E-state index contributed by atoms with van der Waals surface area (Å²) in [7, 11) is 0. The fourth-order valence-corrected chi connectivity index (χ4v) is 2.53. The lowest BCUT2D eigenvalue weighted by atomic mass is 10.1. The average molecular weight is 425 g/mol. The average Bonchev–Trinajstić information content (AvgIpc) is 2.69. The van der Waals surface area contributed by atoms with Crippen molar-refractivity contribution in [1.29, 1.82) is 0 Å². The van der Waals surface area contributed by atoms with E-state index in [0.29, 0.717) is 11.1 Å². The normalized spacial score (nSPS) is 11.4.